The second-order valence-electron chi connectivity index (χ2n) is 12.1. The average molecular weight is 547 g/mol. The van der Waals surface area contributed by atoms with Gasteiger partial charge in [0.25, 0.3) is 5.91 Å². The Hall–Kier alpha value is -3.38. The summed E-state index contributed by atoms with van der Waals surface area (Å²) in [5, 5.41) is 10.2. The fourth-order valence-corrected chi connectivity index (χ4v) is 5.83. The van der Waals surface area contributed by atoms with Crippen molar-refractivity contribution >= 4 is 5.91 Å². The highest BCUT2D eigenvalue weighted by Crippen LogP contribution is 2.38. The second kappa shape index (κ2) is 11.6. The molecular weight excluding hydrogens is 503 g/mol. The van der Waals surface area contributed by atoms with Crippen LogP contribution in [0.1, 0.15) is 66.6 Å². The van der Waals surface area contributed by atoms with Crippen molar-refractivity contribution in [3.05, 3.63) is 93.3 Å². The number of benzene rings is 3. The predicted molar refractivity (Wildman–Crippen MR) is 159 cm³/mol. The fraction of sp³-hybridized carbons (Fsp3) is 0.441. The van der Waals surface area contributed by atoms with E-state index in [2.05, 4.69) is 56.9 Å². The molecule has 1 aliphatic heterocycles. The van der Waals surface area contributed by atoms with E-state index in [-0.39, 0.29) is 35.8 Å². The number of hydrogen-bond acceptors (Lipinski definition) is 4. The van der Waals surface area contributed by atoms with Gasteiger partial charge in [0.15, 0.2) is 6.61 Å². The Morgan fingerprint density at radius 1 is 0.900 bits per heavy atom. The molecule has 40 heavy (non-hydrogen) atoms. The van der Waals surface area contributed by atoms with Crippen LogP contribution in [0, 0.1) is 33.5 Å². The maximum atomic E-state index is 13.3. The third kappa shape index (κ3) is 6.17. The highest BCUT2D eigenvalue weighted by atomic mass is 19.1. The summed E-state index contributed by atoms with van der Waals surface area (Å²) in [4.78, 5) is 17.5. The number of aromatic hydroxyl groups is 1. The predicted octanol–water partition coefficient (Wildman–Crippen LogP) is 6.59. The van der Waals surface area contributed by atoms with Gasteiger partial charge in [-0.05, 0) is 92.6 Å². The number of aryl methyl sites for hydroxylation is 4. The number of nitrogens with zero attached hydrogens (tertiary/aromatic N) is 2. The van der Waals surface area contributed by atoms with Gasteiger partial charge in [-0.2, -0.15) is 0 Å². The molecule has 0 saturated carbocycles. The van der Waals surface area contributed by atoms with Crippen LogP contribution in [0.2, 0.25) is 0 Å². The first kappa shape index (κ1) is 29.6. The highest BCUT2D eigenvalue weighted by molar-refractivity contribution is 5.78. The van der Waals surface area contributed by atoms with Crippen LogP contribution in [-0.4, -0.2) is 52.6 Å². The molecule has 1 amide bonds. The smallest absolute Gasteiger partial charge is 0.260 e. The third-order valence-corrected chi connectivity index (χ3v) is 8.47. The van der Waals surface area contributed by atoms with Crippen LogP contribution in [0.5, 0.6) is 11.5 Å². The summed E-state index contributed by atoms with van der Waals surface area (Å²) in [5.41, 5.74) is 6.82. The standard InChI is InChI=1S/C34H43FN2O3/c1-21-13-28(14-22(2)32(21)39)34(7,8)29-15-23(3)33(24(4)16-29)40-20-31(38)37-18-25(5)36(17-26(37)6)19-27-9-11-30(35)12-10-27/h9-16,25-26,39H,17-20H2,1-8H3/t25-,26+/m0/s1. The van der Waals surface area contributed by atoms with E-state index in [0.717, 1.165) is 57.8 Å². The molecule has 5 nitrogen and oxygen atoms in total. The van der Waals surface area contributed by atoms with Crippen LogP contribution in [0.4, 0.5) is 4.39 Å². The van der Waals surface area contributed by atoms with Gasteiger partial charge in [-0.15, -0.1) is 0 Å². The molecule has 3 aromatic rings. The van der Waals surface area contributed by atoms with Crippen molar-refractivity contribution < 1.29 is 19.0 Å². The molecule has 1 N–H and O–H groups in total. The number of carbonyl (C=O) groups excluding carboxylic acids is 1. The van der Waals surface area contributed by atoms with Crippen LogP contribution < -0.4 is 4.74 Å². The third-order valence-electron chi connectivity index (χ3n) is 8.47. The van der Waals surface area contributed by atoms with E-state index < -0.39 is 0 Å². The number of amides is 1. The number of carbonyl (C=O) groups is 1. The SMILES string of the molecule is Cc1cc(C(C)(C)c2cc(C)c(OCC(=O)N3C[C@H](C)N(Cc4ccc(F)cc4)C[C@H]3C)c(C)c2)cc(C)c1O. The van der Waals surface area contributed by atoms with Gasteiger partial charge in [-0.1, -0.05) is 50.2 Å². The maximum Gasteiger partial charge on any atom is 0.260 e. The van der Waals surface area contributed by atoms with E-state index in [1.54, 1.807) is 0 Å². The van der Waals surface area contributed by atoms with Crippen LogP contribution in [-0.2, 0) is 16.8 Å². The van der Waals surface area contributed by atoms with E-state index in [1.165, 1.54) is 12.1 Å². The van der Waals surface area contributed by atoms with Crippen LogP contribution >= 0.6 is 0 Å². The Kier molecular flexibility index (Phi) is 8.60. The molecule has 1 aliphatic rings. The quantitative estimate of drug-likeness (QED) is 0.363. The van der Waals surface area contributed by atoms with Gasteiger partial charge in [0, 0.05) is 37.1 Å². The molecule has 214 valence electrons. The lowest BCUT2D eigenvalue weighted by atomic mass is 9.76. The summed E-state index contributed by atoms with van der Waals surface area (Å²) in [5.74, 6) is 0.853. The molecule has 0 aromatic heterocycles. The van der Waals surface area contributed by atoms with Crippen molar-refractivity contribution in [2.75, 3.05) is 19.7 Å². The van der Waals surface area contributed by atoms with Gasteiger partial charge in [0.1, 0.15) is 17.3 Å². The molecule has 0 bridgehead atoms. The summed E-state index contributed by atoms with van der Waals surface area (Å²) in [6, 6.07) is 15.3. The molecule has 0 unspecified atom stereocenters. The molecule has 1 heterocycles. The first-order chi connectivity index (χ1) is 18.8. The summed E-state index contributed by atoms with van der Waals surface area (Å²) in [6.07, 6.45) is 0. The zero-order valence-electron chi connectivity index (χ0n) is 25.1. The van der Waals surface area contributed by atoms with Crippen molar-refractivity contribution in [3.63, 3.8) is 0 Å². The number of halogens is 1. The molecule has 0 radical (unpaired) electrons. The Bertz CT molecular complexity index is 1340. The lowest BCUT2D eigenvalue weighted by Crippen LogP contribution is -2.58. The molecule has 3 aromatic carbocycles. The topological polar surface area (TPSA) is 53.0 Å². The summed E-state index contributed by atoms with van der Waals surface area (Å²) >= 11 is 0. The van der Waals surface area contributed by atoms with Gasteiger partial charge in [-0.25, -0.2) is 4.39 Å². The Morgan fingerprint density at radius 3 is 1.98 bits per heavy atom. The largest absolute Gasteiger partial charge is 0.507 e. The van der Waals surface area contributed by atoms with Crippen LogP contribution in [0.25, 0.3) is 0 Å². The number of hydrogen-bond donors (Lipinski definition) is 1. The summed E-state index contributed by atoms with van der Waals surface area (Å²) in [6.45, 7) is 18.6. The molecule has 6 heteroatoms. The Morgan fingerprint density at radius 2 is 1.43 bits per heavy atom. The minimum atomic E-state index is -0.272. The molecule has 1 fully saturated rings. The fourth-order valence-electron chi connectivity index (χ4n) is 5.83. The van der Waals surface area contributed by atoms with Gasteiger partial charge >= 0.3 is 0 Å². The van der Waals surface area contributed by atoms with E-state index >= 15 is 0 Å². The number of piperazine rings is 1. The van der Waals surface area contributed by atoms with Gasteiger partial charge in [0.05, 0.1) is 0 Å². The first-order valence-electron chi connectivity index (χ1n) is 14.1. The average Bonchev–Trinajstić information content (AvgIpc) is 2.89. The molecule has 2 atom stereocenters. The minimum absolute atomic E-state index is 0.00417. The van der Waals surface area contributed by atoms with Crippen molar-refractivity contribution in [2.24, 2.45) is 0 Å². The van der Waals surface area contributed by atoms with E-state index in [4.69, 9.17) is 4.74 Å². The molecule has 0 aliphatic carbocycles. The molecule has 0 spiro atoms. The normalized spacial score (nSPS) is 18.2. The van der Waals surface area contributed by atoms with E-state index in [0.29, 0.717) is 12.3 Å². The lowest BCUT2D eigenvalue weighted by molar-refractivity contribution is -0.139. The van der Waals surface area contributed by atoms with Crippen LogP contribution in [0.15, 0.2) is 48.5 Å². The Balaban J connectivity index is 1.42. The summed E-state index contributed by atoms with van der Waals surface area (Å²) in [7, 11) is 0. The molecular formula is C34H43FN2O3. The second-order valence-corrected chi connectivity index (χ2v) is 12.1. The number of phenolic OH excluding ortho intramolecular Hbond substituents is 1. The first-order valence-corrected chi connectivity index (χ1v) is 14.1. The van der Waals surface area contributed by atoms with Crippen molar-refractivity contribution in [1.29, 1.82) is 0 Å². The Labute approximate surface area is 238 Å². The maximum absolute atomic E-state index is 13.3. The van der Waals surface area contributed by atoms with Gasteiger partial charge in [-0.3, -0.25) is 9.69 Å². The zero-order valence-corrected chi connectivity index (χ0v) is 25.1. The number of rotatable bonds is 7. The van der Waals surface area contributed by atoms with Crippen LogP contribution in [0.3, 0.4) is 0 Å². The molecule has 1 saturated heterocycles. The highest BCUT2D eigenvalue weighted by Gasteiger charge is 2.32. The lowest BCUT2D eigenvalue weighted by Gasteiger charge is -2.44. The zero-order chi connectivity index (χ0) is 29.4. The number of phenols is 1. The molecule has 4 rings (SSSR count). The van der Waals surface area contributed by atoms with Gasteiger partial charge in [0.2, 0.25) is 0 Å². The van der Waals surface area contributed by atoms with Crippen molar-refractivity contribution in [1.82, 2.24) is 9.80 Å². The van der Waals surface area contributed by atoms with Crippen molar-refractivity contribution in [3.8, 4) is 11.5 Å². The minimum Gasteiger partial charge on any atom is -0.507 e. The van der Waals surface area contributed by atoms with Gasteiger partial charge < -0.3 is 14.7 Å². The number of ether oxygens (including phenoxy) is 1. The monoisotopic (exact) mass is 546 g/mol. The van der Waals surface area contributed by atoms with E-state index in [1.807, 2.05) is 44.7 Å². The van der Waals surface area contributed by atoms with E-state index in [9.17, 15) is 14.3 Å². The van der Waals surface area contributed by atoms with Crippen molar-refractivity contribution in [2.45, 2.75) is 79.4 Å². The summed E-state index contributed by atoms with van der Waals surface area (Å²) < 4.78 is 19.4.